The first kappa shape index (κ1) is 12.1. The van der Waals surface area contributed by atoms with Gasteiger partial charge in [-0.3, -0.25) is 0 Å². The predicted molar refractivity (Wildman–Crippen MR) is 63.5 cm³/mol. The van der Waals surface area contributed by atoms with Crippen LogP contribution in [0.25, 0.3) is 0 Å². The molecule has 1 aromatic rings. The van der Waals surface area contributed by atoms with Crippen LogP contribution in [-0.2, 0) is 10.0 Å². The molecule has 0 amide bonds. The molecule has 1 aliphatic heterocycles. The molecule has 17 heavy (non-hydrogen) atoms. The Kier molecular flexibility index (Phi) is 3.46. The van der Waals surface area contributed by atoms with E-state index >= 15 is 0 Å². The summed E-state index contributed by atoms with van der Waals surface area (Å²) < 4.78 is 25.9. The van der Waals surface area contributed by atoms with E-state index in [0.717, 1.165) is 0 Å². The molecule has 0 aromatic heterocycles. The smallest absolute Gasteiger partial charge is 0.207 e. The molecular formula is C12H14N2O2S. The van der Waals surface area contributed by atoms with Gasteiger partial charge in [-0.15, -0.1) is 0 Å². The molecule has 0 saturated carbocycles. The summed E-state index contributed by atoms with van der Waals surface area (Å²) in [7, 11) is -3.37. The first-order valence-electron chi connectivity index (χ1n) is 5.59. The SMILES string of the molecule is N#CC1CCN(S(=O)(=O)c2ccccc2)CC1. The molecule has 0 aliphatic carbocycles. The topological polar surface area (TPSA) is 61.2 Å². The average molecular weight is 250 g/mol. The molecule has 1 heterocycles. The number of nitriles is 1. The lowest BCUT2D eigenvalue weighted by atomic mass is 10.0. The molecule has 0 spiro atoms. The highest BCUT2D eigenvalue weighted by Crippen LogP contribution is 2.22. The number of hydrogen-bond donors (Lipinski definition) is 0. The molecule has 2 rings (SSSR count). The van der Waals surface area contributed by atoms with Gasteiger partial charge >= 0.3 is 0 Å². The quantitative estimate of drug-likeness (QED) is 0.801. The van der Waals surface area contributed by atoms with Crippen LogP contribution in [0.15, 0.2) is 35.2 Å². The van der Waals surface area contributed by atoms with Crippen LogP contribution in [0.1, 0.15) is 12.8 Å². The standard InChI is InChI=1S/C12H14N2O2S/c13-10-11-6-8-14(9-7-11)17(15,16)12-4-2-1-3-5-12/h1-5,11H,6-9H2. The molecule has 5 heteroatoms. The van der Waals surface area contributed by atoms with Gasteiger partial charge in [0.25, 0.3) is 0 Å². The van der Waals surface area contributed by atoms with Crippen molar-refractivity contribution < 1.29 is 8.42 Å². The Balaban J connectivity index is 2.16. The predicted octanol–water partition coefficient (Wildman–Crippen LogP) is 1.61. The molecule has 1 fully saturated rings. The highest BCUT2D eigenvalue weighted by atomic mass is 32.2. The Morgan fingerprint density at radius 1 is 1.18 bits per heavy atom. The zero-order valence-electron chi connectivity index (χ0n) is 9.41. The Labute approximate surface area is 102 Å². The van der Waals surface area contributed by atoms with E-state index in [4.69, 9.17) is 5.26 Å². The third kappa shape index (κ3) is 2.48. The Morgan fingerprint density at radius 2 is 1.76 bits per heavy atom. The summed E-state index contributed by atoms with van der Waals surface area (Å²) in [6.07, 6.45) is 1.26. The highest BCUT2D eigenvalue weighted by Gasteiger charge is 2.28. The van der Waals surface area contributed by atoms with Crippen molar-refractivity contribution in [3.05, 3.63) is 30.3 Å². The molecule has 1 saturated heterocycles. The minimum Gasteiger partial charge on any atom is -0.207 e. The second kappa shape index (κ2) is 4.86. The highest BCUT2D eigenvalue weighted by molar-refractivity contribution is 7.89. The van der Waals surface area contributed by atoms with Crippen LogP contribution in [-0.4, -0.2) is 25.8 Å². The molecule has 1 aromatic carbocycles. The first-order valence-corrected chi connectivity index (χ1v) is 7.03. The third-order valence-electron chi connectivity index (χ3n) is 3.02. The van der Waals surface area contributed by atoms with E-state index in [1.165, 1.54) is 4.31 Å². The number of piperidine rings is 1. The Bertz CT molecular complexity index is 511. The van der Waals surface area contributed by atoms with Crippen LogP contribution in [0.2, 0.25) is 0 Å². The van der Waals surface area contributed by atoms with Crippen molar-refractivity contribution in [2.75, 3.05) is 13.1 Å². The largest absolute Gasteiger partial charge is 0.243 e. The van der Waals surface area contributed by atoms with Gasteiger partial charge in [-0.25, -0.2) is 8.42 Å². The fraction of sp³-hybridized carbons (Fsp3) is 0.417. The normalized spacial score (nSPS) is 18.8. The maximum Gasteiger partial charge on any atom is 0.243 e. The summed E-state index contributed by atoms with van der Waals surface area (Å²) >= 11 is 0. The zero-order valence-corrected chi connectivity index (χ0v) is 10.2. The van der Waals surface area contributed by atoms with Crippen molar-refractivity contribution in [3.63, 3.8) is 0 Å². The van der Waals surface area contributed by atoms with Gasteiger partial charge in [0, 0.05) is 19.0 Å². The molecule has 1 aliphatic rings. The van der Waals surface area contributed by atoms with Crippen molar-refractivity contribution in [3.8, 4) is 6.07 Å². The van der Waals surface area contributed by atoms with Crippen molar-refractivity contribution in [1.82, 2.24) is 4.31 Å². The second-order valence-corrected chi connectivity index (χ2v) is 6.06. The number of hydrogen-bond acceptors (Lipinski definition) is 3. The van der Waals surface area contributed by atoms with Crippen LogP contribution < -0.4 is 0 Å². The van der Waals surface area contributed by atoms with Crippen LogP contribution >= 0.6 is 0 Å². The second-order valence-electron chi connectivity index (χ2n) is 4.12. The number of rotatable bonds is 2. The van der Waals surface area contributed by atoms with Crippen LogP contribution in [0.5, 0.6) is 0 Å². The molecular weight excluding hydrogens is 236 g/mol. The molecule has 90 valence electrons. The van der Waals surface area contributed by atoms with Gasteiger partial charge < -0.3 is 0 Å². The van der Waals surface area contributed by atoms with E-state index in [9.17, 15) is 8.42 Å². The van der Waals surface area contributed by atoms with Gasteiger partial charge in [0.1, 0.15) is 0 Å². The van der Waals surface area contributed by atoms with Crippen LogP contribution in [0, 0.1) is 17.2 Å². The maximum atomic E-state index is 12.2. The summed E-state index contributed by atoms with van der Waals surface area (Å²) in [5.74, 6) is -0.00257. The van der Waals surface area contributed by atoms with Gasteiger partial charge in [-0.2, -0.15) is 9.57 Å². The molecule has 0 atom stereocenters. The van der Waals surface area contributed by atoms with E-state index in [-0.39, 0.29) is 5.92 Å². The fourth-order valence-electron chi connectivity index (χ4n) is 1.97. The summed E-state index contributed by atoms with van der Waals surface area (Å²) in [5.41, 5.74) is 0. The van der Waals surface area contributed by atoms with Gasteiger partial charge in [0.05, 0.1) is 11.0 Å². The Morgan fingerprint density at radius 3 is 2.29 bits per heavy atom. The van der Waals surface area contributed by atoms with E-state index in [0.29, 0.717) is 30.8 Å². The number of benzene rings is 1. The van der Waals surface area contributed by atoms with Crippen LogP contribution in [0.3, 0.4) is 0 Å². The lowest BCUT2D eigenvalue weighted by molar-refractivity contribution is 0.310. The van der Waals surface area contributed by atoms with Crippen molar-refractivity contribution in [2.45, 2.75) is 17.7 Å². The number of sulfonamides is 1. The average Bonchev–Trinajstić information content (AvgIpc) is 2.40. The number of nitrogens with zero attached hydrogens (tertiary/aromatic N) is 2. The van der Waals surface area contributed by atoms with E-state index < -0.39 is 10.0 Å². The summed E-state index contributed by atoms with van der Waals surface area (Å²) in [5, 5.41) is 8.78. The van der Waals surface area contributed by atoms with E-state index in [1.807, 2.05) is 0 Å². The van der Waals surface area contributed by atoms with Gasteiger partial charge in [0.2, 0.25) is 10.0 Å². The minimum absolute atomic E-state index is 0.00257. The molecule has 0 bridgehead atoms. The monoisotopic (exact) mass is 250 g/mol. The van der Waals surface area contributed by atoms with Crippen molar-refractivity contribution >= 4 is 10.0 Å². The molecule has 0 N–H and O–H groups in total. The lowest BCUT2D eigenvalue weighted by Crippen LogP contribution is -2.38. The van der Waals surface area contributed by atoms with Gasteiger partial charge in [-0.05, 0) is 25.0 Å². The third-order valence-corrected chi connectivity index (χ3v) is 4.93. The maximum absolute atomic E-state index is 12.2. The van der Waals surface area contributed by atoms with Gasteiger partial charge in [0.15, 0.2) is 0 Å². The van der Waals surface area contributed by atoms with E-state index in [1.54, 1.807) is 30.3 Å². The molecule has 4 nitrogen and oxygen atoms in total. The summed E-state index contributed by atoms with van der Waals surface area (Å²) in [6.45, 7) is 0.880. The van der Waals surface area contributed by atoms with E-state index in [2.05, 4.69) is 6.07 Å². The fourth-order valence-corrected chi connectivity index (χ4v) is 3.46. The minimum atomic E-state index is -3.37. The van der Waals surface area contributed by atoms with Crippen LogP contribution in [0.4, 0.5) is 0 Å². The first-order chi connectivity index (χ1) is 8.14. The van der Waals surface area contributed by atoms with Gasteiger partial charge in [-0.1, -0.05) is 18.2 Å². The summed E-state index contributed by atoms with van der Waals surface area (Å²) in [6, 6.07) is 10.6. The van der Waals surface area contributed by atoms with Crippen molar-refractivity contribution in [1.29, 1.82) is 5.26 Å². The lowest BCUT2D eigenvalue weighted by Gasteiger charge is -2.28. The zero-order chi connectivity index (χ0) is 12.3. The van der Waals surface area contributed by atoms with Crippen molar-refractivity contribution in [2.24, 2.45) is 5.92 Å². The molecule has 0 unspecified atom stereocenters. The molecule has 0 radical (unpaired) electrons. The summed E-state index contributed by atoms with van der Waals surface area (Å²) in [4.78, 5) is 0.329. The Hall–Kier alpha value is -1.38.